The smallest absolute Gasteiger partial charge is 0.336 e. The minimum Gasteiger partial charge on any atom is -0.478 e. The molecule has 124 valence electrons. The van der Waals surface area contributed by atoms with Gasteiger partial charge in [-0.1, -0.05) is 29.8 Å². The summed E-state index contributed by atoms with van der Waals surface area (Å²) in [5.41, 5.74) is 2.96. The van der Waals surface area contributed by atoms with Gasteiger partial charge in [-0.3, -0.25) is 4.79 Å². The zero-order chi connectivity index (χ0) is 17.5. The van der Waals surface area contributed by atoms with Crippen molar-refractivity contribution in [2.24, 2.45) is 5.10 Å². The Morgan fingerprint density at radius 3 is 2.54 bits per heavy atom. The van der Waals surface area contributed by atoms with E-state index in [2.05, 4.69) is 10.5 Å². The largest absolute Gasteiger partial charge is 0.478 e. The number of carboxylic acid groups (broad SMARTS) is 1. The molecule has 0 unspecified atom stereocenters. The summed E-state index contributed by atoms with van der Waals surface area (Å²) in [6, 6.07) is 13.6. The second kappa shape index (κ2) is 8.52. The van der Waals surface area contributed by atoms with Gasteiger partial charge in [0.1, 0.15) is 0 Å². The van der Waals surface area contributed by atoms with Gasteiger partial charge in [-0.25, -0.2) is 10.2 Å². The molecule has 5 nitrogen and oxygen atoms in total. The second-order valence-corrected chi connectivity index (χ2v) is 6.69. The summed E-state index contributed by atoms with van der Waals surface area (Å²) in [6.45, 7) is 1.76. The second-order valence-electron chi connectivity index (χ2n) is 4.84. The lowest BCUT2D eigenvalue weighted by Gasteiger charge is -2.09. The first-order valence-electron chi connectivity index (χ1n) is 7.05. The van der Waals surface area contributed by atoms with E-state index in [-0.39, 0.29) is 16.7 Å². The molecular formula is C17H15ClN2O3S. The van der Waals surface area contributed by atoms with Crippen LogP contribution in [0.3, 0.4) is 0 Å². The molecule has 7 heteroatoms. The molecule has 0 radical (unpaired) electrons. The van der Waals surface area contributed by atoms with E-state index in [1.54, 1.807) is 37.3 Å². The molecule has 2 N–H and O–H groups in total. The van der Waals surface area contributed by atoms with Crippen molar-refractivity contribution in [3.63, 3.8) is 0 Å². The van der Waals surface area contributed by atoms with Crippen LogP contribution in [-0.2, 0) is 4.79 Å². The molecule has 24 heavy (non-hydrogen) atoms. The van der Waals surface area contributed by atoms with Crippen molar-refractivity contribution in [3.05, 3.63) is 64.7 Å². The Bertz CT molecular complexity index is 763. The molecule has 0 aliphatic carbocycles. The van der Waals surface area contributed by atoms with Crippen molar-refractivity contribution in [1.82, 2.24) is 5.43 Å². The van der Waals surface area contributed by atoms with Gasteiger partial charge in [0.05, 0.1) is 17.0 Å². The normalized spacial score (nSPS) is 12.1. The fraction of sp³-hybridized carbons (Fsp3) is 0.118. The minimum atomic E-state index is -1.05. The number of hydrazone groups is 1. The summed E-state index contributed by atoms with van der Waals surface area (Å²) < 4.78 is 0. The van der Waals surface area contributed by atoms with E-state index in [1.807, 2.05) is 12.1 Å². The maximum Gasteiger partial charge on any atom is 0.336 e. The van der Waals surface area contributed by atoms with Crippen LogP contribution >= 0.6 is 23.4 Å². The molecule has 2 aromatic carbocycles. The number of thioether (sulfide) groups is 1. The van der Waals surface area contributed by atoms with Crippen LogP contribution in [0.15, 0.2) is 58.5 Å². The van der Waals surface area contributed by atoms with Crippen LogP contribution in [0.2, 0.25) is 5.02 Å². The number of carboxylic acids is 1. The maximum absolute atomic E-state index is 12.0. The fourth-order valence-electron chi connectivity index (χ4n) is 1.83. The van der Waals surface area contributed by atoms with Crippen LogP contribution in [0.5, 0.6) is 0 Å². The number of amides is 1. The first kappa shape index (κ1) is 18.0. The van der Waals surface area contributed by atoms with Crippen molar-refractivity contribution >= 4 is 41.5 Å². The predicted octanol–water partition coefficient (Wildman–Crippen LogP) is 3.67. The summed E-state index contributed by atoms with van der Waals surface area (Å²) in [5, 5.41) is 13.2. The van der Waals surface area contributed by atoms with E-state index in [9.17, 15) is 9.59 Å². The SMILES string of the molecule is C[C@@H](Sc1ccc(Cl)cc1)C(=O)N/N=C\c1ccccc1C(=O)O. The third-order valence-electron chi connectivity index (χ3n) is 3.07. The van der Waals surface area contributed by atoms with E-state index in [1.165, 1.54) is 24.0 Å². The molecule has 0 aliphatic heterocycles. The lowest BCUT2D eigenvalue weighted by atomic mass is 10.1. The molecule has 0 spiro atoms. The topological polar surface area (TPSA) is 78.8 Å². The van der Waals surface area contributed by atoms with E-state index in [4.69, 9.17) is 16.7 Å². The number of nitrogens with zero attached hydrogens (tertiary/aromatic N) is 1. The standard InChI is InChI=1S/C17H15ClN2O3S/c1-11(24-14-8-6-13(18)7-9-14)16(21)20-19-10-12-4-2-3-5-15(12)17(22)23/h2-11H,1H3,(H,20,21)(H,22,23)/b19-10-/t11-/m1/s1. The molecule has 1 atom stereocenters. The highest BCUT2D eigenvalue weighted by Crippen LogP contribution is 2.24. The molecule has 0 aliphatic rings. The van der Waals surface area contributed by atoms with Crippen molar-refractivity contribution in [2.75, 3.05) is 0 Å². The lowest BCUT2D eigenvalue weighted by molar-refractivity contribution is -0.120. The Morgan fingerprint density at radius 1 is 1.21 bits per heavy atom. The zero-order valence-corrected chi connectivity index (χ0v) is 14.3. The summed E-state index contributed by atoms with van der Waals surface area (Å²) >= 11 is 7.20. The van der Waals surface area contributed by atoms with Crippen LogP contribution in [0.4, 0.5) is 0 Å². The van der Waals surface area contributed by atoms with Gasteiger partial charge in [0.15, 0.2) is 0 Å². The van der Waals surface area contributed by atoms with Crippen molar-refractivity contribution < 1.29 is 14.7 Å². The van der Waals surface area contributed by atoms with Gasteiger partial charge in [0.2, 0.25) is 0 Å². The van der Waals surface area contributed by atoms with Gasteiger partial charge in [-0.2, -0.15) is 5.10 Å². The molecule has 2 rings (SSSR count). The molecule has 0 saturated heterocycles. The van der Waals surface area contributed by atoms with Crippen LogP contribution in [0.25, 0.3) is 0 Å². The van der Waals surface area contributed by atoms with Crippen molar-refractivity contribution in [3.8, 4) is 0 Å². The summed E-state index contributed by atoms with van der Waals surface area (Å²) in [6.07, 6.45) is 1.32. The van der Waals surface area contributed by atoms with Gasteiger partial charge in [-0.15, -0.1) is 11.8 Å². The number of carbonyl (C=O) groups excluding carboxylic acids is 1. The van der Waals surface area contributed by atoms with Crippen LogP contribution < -0.4 is 5.43 Å². The number of carbonyl (C=O) groups is 2. The van der Waals surface area contributed by atoms with Crippen molar-refractivity contribution in [1.29, 1.82) is 0 Å². The van der Waals surface area contributed by atoms with Crippen LogP contribution in [-0.4, -0.2) is 28.4 Å². The molecular weight excluding hydrogens is 348 g/mol. The Labute approximate surface area is 148 Å². The van der Waals surface area contributed by atoms with Gasteiger partial charge < -0.3 is 5.11 Å². The number of hydrogen-bond donors (Lipinski definition) is 2. The molecule has 1 amide bonds. The molecule has 0 fully saturated rings. The third-order valence-corrected chi connectivity index (χ3v) is 4.43. The molecule has 2 aromatic rings. The molecule has 0 bridgehead atoms. The number of halogens is 1. The number of benzene rings is 2. The monoisotopic (exact) mass is 362 g/mol. The average molecular weight is 363 g/mol. The quantitative estimate of drug-likeness (QED) is 0.467. The summed E-state index contributed by atoms with van der Waals surface area (Å²) in [4.78, 5) is 24.0. The zero-order valence-electron chi connectivity index (χ0n) is 12.8. The van der Waals surface area contributed by atoms with Crippen LogP contribution in [0.1, 0.15) is 22.8 Å². The lowest BCUT2D eigenvalue weighted by Crippen LogP contribution is -2.26. The van der Waals surface area contributed by atoms with Gasteiger partial charge in [0.25, 0.3) is 5.91 Å². The number of rotatable bonds is 6. The Kier molecular flexibility index (Phi) is 6.40. The van der Waals surface area contributed by atoms with E-state index >= 15 is 0 Å². The van der Waals surface area contributed by atoms with Gasteiger partial charge in [-0.05, 0) is 37.3 Å². The number of nitrogens with one attached hydrogen (secondary N) is 1. The first-order chi connectivity index (χ1) is 11.5. The van der Waals surface area contributed by atoms with E-state index in [0.717, 1.165) is 4.90 Å². The third kappa shape index (κ3) is 5.11. The molecule has 0 saturated carbocycles. The van der Waals surface area contributed by atoms with E-state index in [0.29, 0.717) is 10.6 Å². The Hall–Kier alpha value is -2.31. The maximum atomic E-state index is 12.0. The molecule has 0 heterocycles. The van der Waals surface area contributed by atoms with Gasteiger partial charge >= 0.3 is 5.97 Å². The Morgan fingerprint density at radius 2 is 1.88 bits per heavy atom. The van der Waals surface area contributed by atoms with Gasteiger partial charge in [0, 0.05) is 15.5 Å². The summed E-state index contributed by atoms with van der Waals surface area (Å²) in [7, 11) is 0. The highest BCUT2D eigenvalue weighted by molar-refractivity contribution is 8.00. The van der Waals surface area contributed by atoms with Crippen LogP contribution in [0, 0.1) is 0 Å². The van der Waals surface area contributed by atoms with Crippen molar-refractivity contribution in [2.45, 2.75) is 17.1 Å². The first-order valence-corrected chi connectivity index (χ1v) is 8.30. The highest BCUT2D eigenvalue weighted by atomic mass is 35.5. The number of aromatic carboxylic acids is 1. The predicted molar refractivity (Wildman–Crippen MR) is 95.9 cm³/mol. The molecule has 0 aromatic heterocycles. The summed E-state index contributed by atoms with van der Waals surface area (Å²) in [5.74, 6) is -1.32. The Balaban J connectivity index is 1.95. The highest BCUT2D eigenvalue weighted by Gasteiger charge is 2.14. The minimum absolute atomic E-state index is 0.124. The number of hydrogen-bond acceptors (Lipinski definition) is 4. The average Bonchev–Trinajstić information content (AvgIpc) is 2.57. The van der Waals surface area contributed by atoms with E-state index < -0.39 is 5.97 Å². The fourth-order valence-corrected chi connectivity index (χ4v) is 2.82.